The summed E-state index contributed by atoms with van der Waals surface area (Å²) in [5, 5.41) is 0. The SMILES string of the molecule is Cc1cccc2c1CC(CCN)C2. The normalized spacial score (nSPS) is 20.3. The predicted octanol–water partition coefficient (Wildman–Crippen LogP) is 2.06. The van der Waals surface area contributed by atoms with Crippen molar-refractivity contribution >= 4 is 0 Å². The molecule has 1 nitrogen and oxygen atoms in total. The van der Waals surface area contributed by atoms with Gasteiger partial charge in [0.05, 0.1) is 0 Å². The van der Waals surface area contributed by atoms with Crippen molar-refractivity contribution in [3.63, 3.8) is 0 Å². The molecule has 2 N–H and O–H groups in total. The zero-order valence-electron chi connectivity index (χ0n) is 8.22. The molecule has 2 rings (SSSR count). The zero-order valence-corrected chi connectivity index (χ0v) is 8.22. The Morgan fingerprint density at radius 2 is 2.23 bits per heavy atom. The maximum absolute atomic E-state index is 5.58. The van der Waals surface area contributed by atoms with Crippen LogP contribution in [0, 0.1) is 12.8 Å². The van der Waals surface area contributed by atoms with E-state index >= 15 is 0 Å². The molecule has 1 atom stereocenters. The van der Waals surface area contributed by atoms with Crippen molar-refractivity contribution in [1.29, 1.82) is 0 Å². The van der Waals surface area contributed by atoms with Crippen LogP contribution < -0.4 is 5.73 Å². The fraction of sp³-hybridized carbons (Fsp3) is 0.500. The fourth-order valence-corrected chi connectivity index (χ4v) is 2.36. The Bertz CT molecular complexity index is 304. The van der Waals surface area contributed by atoms with E-state index in [1.165, 1.54) is 24.8 Å². The lowest BCUT2D eigenvalue weighted by molar-refractivity contribution is 0.522. The number of benzene rings is 1. The van der Waals surface area contributed by atoms with Crippen molar-refractivity contribution in [1.82, 2.24) is 0 Å². The molecular weight excluding hydrogens is 158 g/mol. The molecule has 0 radical (unpaired) electrons. The molecule has 0 saturated heterocycles. The molecule has 70 valence electrons. The summed E-state index contributed by atoms with van der Waals surface area (Å²) < 4.78 is 0. The van der Waals surface area contributed by atoms with Crippen LogP contribution >= 0.6 is 0 Å². The van der Waals surface area contributed by atoms with Gasteiger partial charge in [-0.05, 0) is 55.3 Å². The Morgan fingerprint density at radius 1 is 1.38 bits per heavy atom. The summed E-state index contributed by atoms with van der Waals surface area (Å²) in [4.78, 5) is 0. The van der Waals surface area contributed by atoms with Gasteiger partial charge in [0.2, 0.25) is 0 Å². The third kappa shape index (κ3) is 1.61. The molecule has 1 aliphatic carbocycles. The molecule has 0 fully saturated rings. The van der Waals surface area contributed by atoms with Crippen molar-refractivity contribution < 1.29 is 0 Å². The number of hydrogen-bond acceptors (Lipinski definition) is 1. The monoisotopic (exact) mass is 175 g/mol. The van der Waals surface area contributed by atoms with Crippen LogP contribution in [0.2, 0.25) is 0 Å². The fourth-order valence-electron chi connectivity index (χ4n) is 2.36. The van der Waals surface area contributed by atoms with Crippen LogP contribution in [0.3, 0.4) is 0 Å². The van der Waals surface area contributed by atoms with Crippen molar-refractivity contribution in [3.05, 3.63) is 34.9 Å². The lowest BCUT2D eigenvalue weighted by Gasteiger charge is -2.05. The van der Waals surface area contributed by atoms with E-state index in [-0.39, 0.29) is 0 Å². The molecule has 13 heavy (non-hydrogen) atoms. The third-order valence-corrected chi connectivity index (χ3v) is 3.08. The molecule has 0 heterocycles. The largest absolute Gasteiger partial charge is 0.330 e. The van der Waals surface area contributed by atoms with Gasteiger partial charge in [-0.3, -0.25) is 0 Å². The Morgan fingerprint density at radius 3 is 2.92 bits per heavy atom. The molecule has 0 amide bonds. The summed E-state index contributed by atoms with van der Waals surface area (Å²) in [6.45, 7) is 3.04. The Balaban J connectivity index is 2.20. The van der Waals surface area contributed by atoms with E-state index in [9.17, 15) is 0 Å². The molecular formula is C12H17N. The van der Waals surface area contributed by atoms with E-state index in [1.54, 1.807) is 11.1 Å². The van der Waals surface area contributed by atoms with Gasteiger partial charge in [-0.1, -0.05) is 18.2 Å². The van der Waals surface area contributed by atoms with Crippen LogP contribution in [0.4, 0.5) is 0 Å². The first kappa shape index (κ1) is 8.76. The number of nitrogens with two attached hydrogens (primary N) is 1. The maximum Gasteiger partial charge on any atom is -0.00744 e. The standard InChI is InChI=1S/C12H17N/c1-9-3-2-4-11-7-10(5-6-13)8-12(9)11/h2-4,10H,5-8,13H2,1H3. The van der Waals surface area contributed by atoms with Crippen LogP contribution in [0.1, 0.15) is 23.1 Å². The predicted molar refractivity (Wildman–Crippen MR) is 55.7 cm³/mol. The highest BCUT2D eigenvalue weighted by atomic mass is 14.5. The van der Waals surface area contributed by atoms with E-state index < -0.39 is 0 Å². The van der Waals surface area contributed by atoms with Gasteiger partial charge < -0.3 is 5.73 Å². The Hall–Kier alpha value is -0.820. The van der Waals surface area contributed by atoms with Crippen LogP contribution in [-0.4, -0.2) is 6.54 Å². The van der Waals surface area contributed by atoms with Crippen LogP contribution in [0.25, 0.3) is 0 Å². The van der Waals surface area contributed by atoms with Crippen LogP contribution in [0.15, 0.2) is 18.2 Å². The number of aryl methyl sites for hydroxylation is 1. The Kier molecular flexibility index (Phi) is 2.36. The average molecular weight is 175 g/mol. The third-order valence-electron chi connectivity index (χ3n) is 3.08. The first-order chi connectivity index (χ1) is 6.31. The molecule has 1 aromatic rings. The molecule has 0 bridgehead atoms. The van der Waals surface area contributed by atoms with Gasteiger partial charge in [-0.15, -0.1) is 0 Å². The van der Waals surface area contributed by atoms with Crippen molar-refractivity contribution in [2.45, 2.75) is 26.2 Å². The van der Waals surface area contributed by atoms with Crippen LogP contribution in [-0.2, 0) is 12.8 Å². The summed E-state index contributed by atoms with van der Waals surface area (Å²) in [5.41, 5.74) is 10.2. The van der Waals surface area contributed by atoms with Gasteiger partial charge in [0.15, 0.2) is 0 Å². The molecule has 1 unspecified atom stereocenters. The average Bonchev–Trinajstić information content (AvgIpc) is 2.49. The minimum Gasteiger partial charge on any atom is -0.330 e. The highest BCUT2D eigenvalue weighted by Gasteiger charge is 2.21. The number of fused-ring (bicyclic) bond motifs is 1. The molecule has 0 saturated carbocycles. The number of rotatable bonds is 2. The van der Waals surface area contributed by atoms with Gasteiger partial charge >= 0.3 is 0 Å². The molecule has 1 heteroatoms. The van der Waals surface area contributed by atoms with E-state index in [0.717, 1.165) is 12.5 Å². The first-order valence-corrected chi connectivity index (χ1v) is 5.08. The number of hydrogen-bond donors (Lipinski definition) is 1. The summed E-state index contributed by atoms with van der Waals surface area (Å²) in [5.74, 6) is 0.807. The van der Waals surface area contributed by atoms with Gasteiger partial charge in [-0.25, -0.2) is 0 Å². The van der Waals surface area contributed by atoms with Gasteiger partial charge in [-0.2, -0.15) is 0 Å². The molecule has 0 aromatic heterocycles. The van der Waals surface area contributed by atoms with Crippen molar-refractivity contribution in [3.8, 4) is 0 Å². The molecule has 1 aliphatic rings. The molecule has 1 aromatic carbocycles. The van der Waals surface area contributed by atoms with Gasteiger partial charge in [0.1, 0.15) is 0 Å². The van der Waals surface area contributed by atoms with Crippen molar-refractivity contribution in [2.24, 2.45) is 11.7 Å². The van der Waals surface area contributed by atoms with Gasteiger partial charge in [0.25, 0.3) is 0 Å². The molecule has 0 spiro atoms. The second kappa shape index (κ2) is 3.51. The first-order valence-electron chi connectivity index (χ1n) is 5.08. The zero-order chi connectivity index (χ0) is 9.26. The van der Waals surface area contributed by atoms with Crippen LogP contribution in [0.5, 0.6) is 0 Å². The Labute approximate surface area is 80.0 Å². The minimum atomic E-state index is 0.807. The van der Waals surface area contributed by atoms with E-state index in [2.05, 4.69) is 25.1 Å². The summed E-state index contributed by atoms with van der Waals surface area (Å²) in [6, 6.07) is 6.64. The minimum absolute atomic E-state index is 0.807. The topological polar surface area (TPSA) is 26.0 Å². The quantitative estimate of drug-likeness (QED) is 0.731. The summed E-state index contributed by atoms with van der Waals surface area (Å²) >= 11 is 0. The lowest BCUT2D eigenvalue weighted by atomic mass is 10.0. The maximum atomic E-state index is 5.58. The van der Waals surface area contributed by atoms with E-state index in [1.807, 2.05) is 0 Å². The highest BCUT2D eigenvalue weighted by molar-refractivity contribution is 5.38. The summed E-state index contributed by atoms with van der Waals surface area (Å²) in [6.07, 6.45) is 3.67. The smallest absolute Gasteiger partial charge is 0.00744 e. The van der Waals surface area contributed by atoms with E-state index in [0.29, 0.717) is 0 Å². The van der Waals surface area contributed by atoms with Gasteiger partial charge in [0, 0.05) is 0 Å². The van der Waals surface area contributed by atoms with E-state index in [4.69, 9.17) is 5.73 Å². The second-order valence-electron chi connectivity index (χ2n) is 4.06. The molecule has 0 aliphatic heterocycles. The second-order valence-corrected chi connectivity index (χ2v) is 4.06. The van der Waals surface area contributed by atoms with Crippen molar-refractivity contribution in [2.75, 3.05) is 6.54 Å². The summed E-state index contributed by atoms with van der Waals surface area (Å²) in [7, 11) is 0. The lowest BCUT2D eigenvalue weighted by Crippen LogP contribution is -2.08. The highest BCUT2D eigenvalue weighted by Crippen LogP contribution is 2.30.